The molecule has 0 spiro atoms. The molecule has 1 N–H and O–H groups in total. The Balaban J connectivity index is 1.97. The van der Waals surface area contributed by atoms with Crippen LogP contribution in [0.3, 0.4) is 0 Å². The monoisotopic (exact) mass is 301 g/mol. The van der Waals surface area contributed by atoms with Gasteiger partial charge < -0.3 is 9.73 Å². The summed E-state index contributed by atoms with van der Waals surface area (Å²) in [6.45, 7) is 1.42. The van der Waals surface area contributed by atoms with Crippen molar-refractivity contribution in [1.82, 2.24) is 5.32 Å². The molecule has 2 unspecified atom stereocenters. The number of amides is 1. The first-order valence-electron chi connectivity index (χ1n) is 6.74. The maximum atomic E-state index is 12.4. The molecule has 1 amide bonds. The van der Waals surface area contributed by atoms with E-state index in [0.717, 1.165) is 16.2 Å². The summed E-state index contributed by atoms with van der Waals surface area (Å²) in [6, 6.07) is 7.06. The molecule has 1 aliphatic rings. The van der Waals surface area contributed by atoms with Gasteiger partial charge in [-0.3, -0.25) is 9.59 Å². The quantitative estimate of drug-likeness (QED) is 0.948. The molecular weight excluding hydrogens is 286 g/mol. The first-order chi connectivity index (χ1) is 10.1. The molecule has 0 saturated carbocycles. The second-order valence-corrected chi connectivity index (χ2v) is 6.00. The molecule has 2 atom stereocenters. The third kappa shape index (κ3) is 2.83. The number of allylic oxidation sites excluding steroid dienone is 1. The number of ketones is 1. The van der Waals surface area contributed by atoms with Crippen LogP contribution in [-0.4, -0.2) is 17.7 Å². The lowest BCUT2D eigenvalue weighted by Gasteiger charge is -2.29. The van der Waals surface area contributed by atoms with Crippen molar-refractivity contribution in [3.63, 3.8) is 0 Å². The predicted octanol–water partition coefficient (Wildman–Crippen LogP) is 2.99. The molecule has 0 bridgehead atoms. The van der Waals surface area contributed by atoms with Gasteiger partial charge in [-0.25, -0.2) is 0 Å². The molecule has 4 nitrogen and oxygen atoms in total. The van der Waals surface area contributed by atoms with E-state index in [2.05, 4.69) is 5.32 Å². The third-order valence-electron chi connectivity index (χ3n) is 3.57. The normalized spacial score (nSPS) is 22.0. The maximum Gasteiger partial charge on any atom is 0.217 e. The van der Waals surface area contributed by atoms with Gasteiger partial charge in [-0.15, -0.1) is 11.3 Å². The molecule has 0 saturated heterocycles. The number of carbonyl (C=O) groups excluding carboxylic acids is 2. The van der Waals surface area contributed by atoms with Crippen molar-refractivity contribution >= 4 is 28.6 Å². The Morgan fingerprint density at radius 3 is 2.86 bits per heavy atom. The van der Waals surface area contributed by atoms with Gasteiger partial charge in [0.15, 0.2) is 5.78 Å². The van der Waals surface area contributed by atoms with Crippen LogP contribution in [0.4, 0.5) is 0 Å². The summed E-state index contributed by atoms with van der Waals surface area (Å²) < 4.78 is 5.47. The Morgan fingerprint density at radius 1 is 1.38 bits per heavy atom. The lowest BCUT2D eigenvalue weighted by atomic mass is 9.81. The summed E-state index contributed by atoms with van der Waals surface area (Å²) in [5, 5.41) is 4.73. The molecule has 1 aliphatic carbocycles. The number of thiophene rings is 1. The smallest absolute Gasteiger partial charge is 0.217 e. The number of hydrogen-bond donors (Lipinski definition) is 1. The number of carbonyl (C=O) groups is 2. The SMILES string of the molecule is CC(=O)NC1C(=O)C=C(c2cccs2)CC1c1ccco1. The van der Waals surface area contributed by atoms with E-state index in [0.29, 0.717) is 6.42 Å². The fourth-order valence-corrected chi connectivity index (χ4v) is 3.42. The minimum atomic E-state index is -0.558. The number of hydrogen-bond acceptors (Lipinski definition) is 4. The average Bonchev–Trinajstić information content (AvgIpc) is 3.12. The summed E-state index contributed by atoms with van der Waals surface area (Å²) in [5.41, 5.74) is 0.998. The van der Waals surface area contributed by atoms with Gasteiger partial charge in [0.05, 0.1) is 6.26 Å². The Labute approximate surface area is 126 Å². The van der Waals surface area contributed by atoms with Crippen molar-refractivity contribution < 1.29 is 14.0 Å². The topological polar surface area (TPSA) is 59.3 Å². The molecule has 0 radical (unpaired) electrons. The average molecular weight is 301 g/mol. The zero-order valence-corrected chi connectivity index (χ0v) is 12.4. The van der Waals surface area contributed by atoms with Crippen molar-refractivity contribution in [1.29, 1.82) is 0 Å². The van der Waals surface area contributed by atoms with Crippen LogP contribution in [0.15, 0.2) is 46.4 Å². The number of furan rings is 1. The van der Waals surface area contributed by atoms with E-state index in [1.54, 1.807) is 29.7 Å². The first kappa shape index (κ1) is 13.8. The molecule has 21 heavy (non-hydrogen) atoms. The van der Waals surface area contributed by atoms with Crippen LogP contribution < -0.4 is 5.32 Å². The highest BCUT2D eigenvalue weighted by Crippen LogP contribution is 2.37. The minimum Gasteiger partial charge on any atom is -0.469 e. The van der Waals surface area contributed by atoms with E-state index in [4.69, 9.17) is 4.42 Å². The van der Waals surface area contributed by atoms with E-state index < -0.39 is 6.04 Å². The highest BCUT2D eigenvalue weighted by Gasteiger charge is 2.35. The third-order valence-corrected chi connectivity index (χ3v) is 4.52. The van der Waals surface area contributed by atoms with Crippen LogP contribution in [0.5, 0.6) is 0 Å². The van der Waals surface area contributed by atoms with E-state index >= 15 is 0 Å². The number of nitrogens with one attached hydrogen (secondary N) is 1. The zero-order chi connectivity index (χ0) is 14.8. The molecule has 0 aromatic carbocycles. The van der Waals surface area contributed by atoms with E-state index in [-0.39, 0.29) is 17.6 Å². The van der Waals surface area contributed by atoms with Gasteiger partial charge in [0.1, 0.15) is 11.8 Å². The first-order valence-corrected chi connectivity index (χ1v) is 7.62. The Bertz CT molecular complexity index is 670. The van der Waals surface area contributed by atoms with Crippen LogP contribution in [0.25, 0.3) is 5.57 Å². The largest absolute Gasteiger partial charge is 0.469 e. The van der Waals surface area contributed by atoms with E-state index in [1.165, 1.54) is 6.92 Å². The second kappa shape index (κ2) is 5.69. The molecule has 0 aliphatic heterocycles. The summed E-state index contributed by atoms with van der Waals surface area (Å²) in [5.74, 6) is 0.266. The Kier molecular flexibility index (Phi) is 3.75. The van der Waals surface area contributed by atoms with Gasteiger partial charge in [0.2, 0.25) is 5.91 Å². The lowest BCUT2D eigenvalue weighted by Crippen LogP contribution is -2.45. The molecule has 2 aromatic rings. The lowest BCUT2D eigenvalue weighted by molar-refractivity contribution is -0.125. The van der Waals surface area contributed by atoms with Crippen LogP contribution in [0, 0.1) is 0 Å². The van der Waals surface area contributed by atoms with Gasteiger partial charge in [0.25, 0.3) is 0 Å². The van der Waals surface area contributed by atoms with Crippen LogP contribution in [0.1, 0.15) is 29.9 Å². The van der Waals surface area contributed by atoms with Crippen molar-refractivity contribution in [3.8, 4) is 0 Å². The molecular formula is C16H15NO3S. The summed E-state index contributed by atoms with van der Waals surface area (Å²) in [7, 11) is 0. The van der Waals surface area contributed by atoms with E-state index in [1.807, 2.05) is 23.6 Å². The van der Waals surface area contributed by atoms with Crippen LogP contribution in [0.2, 0.25) is 0 Å². The van der Waals surface area contributed by atoms with Crippen molar-refractivity contribution in [2.24, 2.45) is 0 Å². The van der Waals surface area contributed by atoms with Gasteiger partial charge in [-0.1, -0.05) is 6.07 Å². The fourth-order valence-electron chi connectivity index (χ4n) is 2.66. The summed E-state index contributed by atoms with van der Waals surface area (Å²) >= 11 is 1.61. The summed E-state index contributed by atoms with van der Waals surface area (Å²) in [4.78, 5) is 24.9. The van der Waals surface area contributed by atoms with Crippen LogP contribution in [-0.2, 0) is 9.59 Å². The standard InChI is InChI=1S/C16H15NO3S/c1-10(18)17-16-12(14-4-2-6-20-14)8-11(9-13(16)19)15-5-3-7-21-15/h2-7,9,12,16H,8H2,1H3,(H,17,18). The van der Waals surface area contributed by atoms with Crippen molar-refractivity contribution in [3.05, 3.63) is 52.6 Å². The zero-order valence-electron chi connectivity index (χ0n) is 11.5. The molecule has 2 heterocycles. The molecule has 108 valence electrons. The molecule has 0 fully saturated rings. The van der Waals surface area contributed by atoms with Crippen molar-refractivity contribution in [2.75, 3.05) is 0 Å². The fraction of sp³-hybridized carbons (Fsp3) is 0.250. The van der Waals surface area contributed by atoms with Gasteiger partial charge in [-0.2, -0.15) is 0 Å². The highest BCUT2D eigenvalue weighted by molar-refractivity contribution is 7.11. The predicted molar refractivity (Wildman–Crippen MR) is 81.0 cm³/mol. The maximum absolute atomic E-state index is 12.4. The number of rotatable bonds is 3. The molecule has 3 rings (SSSR count). The van der Waals surface area contributed by atoms with E-state index in [9.17, 15) is 9.59 Å². The van der Waals surface area contributed by atoms with Crippen LogP contribution >= 0.6 is 11.3 Å². The van der Waals surface area contributed by atoms with Gasteiger partial charge >= 0.3 is 0 Å². The van der Waals surface area contributed by atoms with Gasteiger partial charge in [-0.05, 0) is 41.6 Å². The molecule has 2 aromatic heterocycles. The summed E-state index contributed by atoms with van der Waals surface area (Å²) in [6.07, 6.45) is 3.91. The Morgan fingerprint density at radius 2 is 2.24 bits per heavy atom. The second-order valence-electron chi connectivity index (χ2n) is 5.05. The Hall–Kier alpha value is -2.14. The minimum absolute atomic E-state index is 0.0822. The van der Waals surface area contributed by atoms with Crippen molar-refractivity contribution in [2.45, 2.75) is 25.3 Å². The molecule has 5 heteroatoms. The van der Waals surface area contributed by atoms with Gasteiger partial charge in [0, 0.05) is 17.7 Å². The highest BCUT2D eigenvalue weighted by atomic mass is 32.1.